The number of aromatic amines is 1. The molecular weight excluding hydrogens is 555 g/mol. The van der Waals surface area contributed by atoms with Crippen molar-refractivity contribution in [1.82, 2.24) is 9.88 Å². The van der Waals surface area contributed by atoms with Crippen LogP contribution in [0, 0.1) is 5.92 Å². The van der Waals surface area contributed by atoms with Crippen LogP contribution in [0.5, 0.6) is 5.75 Å². The number of halogens is 1. The van der Waals surface area contributed by atoms with Gasteiger partial charge in [0.15, 0.2) is 3.42 Å². The predicted octanol–water partition coefficient (Wildman–Crippen LogP) is 5.06. The third-order valence-corrected chi connectivity index (χ3v) is 9.24. The molecule has 3 heterocycles. The number of rotatable bonds is 4. The minimum atomic E-state index is -0.844. The van der Waals surface area contributed by atoms with Gasteiger partial charge in [-0.15, -0.1) is 0 Å². The van der Waals surface area contributed by atoms with E-state index in [0.29, 0.717) is 25.8 Å². The standard InChI is InChI=1S/C28H33IN2O4/c1-4-27(33)14-18-15-28(29,26(32)35-3)25-22(10-11-31(16-18)17-27)23-13-20(8-9-24(23)30-25)19-6-5-7-21(12-19)34-2/h5-9,12-13,18,30,33H,4,10-11,14-17H2,1-3H3/t18-,27+,28+/m1/s1. The van der Waals surface area contributed by atoms with Gasteiger partial charge < -0.3 is 19.6 Å². The Kier molecular flexibility index (Phi) is 6.61. The number of alkyl halides is 1. The van der Waals surface area contributed by atoms with Crippen molar-refractivity contribution in [2.24, 2.45) is 5.92 Å². The lowest BCUT2D eigenvalue weighted by Crippen LogP contribution is -2.52. The summed E-state index contributed by atoms with van der Waals surface area (Å²) in [7, 11) is 3.15. The molecule has 2 aliphatic rings. The van der Waals surface area contributed by atoms with E-state index in [0.717, 1.165) is 58.5 Å². The molecule has 5 rings (SSSR count). The van der Waals surface area contributed by atoms with Gasteiger partial charge in [0.1, 0.15) is 5.75 Å². The van der Waals surface area contributed by atoms with E-state index in [1.54, 1.807) is 7.11 Å². The van der Waals surface area contributed by atoms with Crippen molar-refractivity contribution in [1.29, 1.82) is 0 Å². The summed E-state index contributed by atoms with van der Waals surface area (Å²) in [4.78, 5) is 19.3. The number of esters is 1. The minimum absolute atomic E-state index is 0.203. The first-order valence-electron chi connectivity index (χ1n) is 12.3. The van der Waals surface area contributed by atoms with E-state index in [-0.39, 0.29) is 11.9 Å². The molecule has 2 aliphatic heterocycles. The van der Waals surface area contributed by atoms with Crippen molar-refractivity contribution in [3.05, 3.63) is 53.7 Å². The smallest absolute Gasteiger partial charge is 0.327 e. The van der Waals surface area contributed by atoms with Crippen molar-refractivity contribution >= 4 is 39.5 Å². The zero-order chi connectivity index (χ0) is 24.8. The fourth-order valence-corrected chi connectivity index (χ4v) is 7.32. The maximum Gasteiger partial charge on any atom is 0.327 e. The van der Waals surface area contributed by atoms with Gasteiger partial charge >= 0.3 is 5.97 Å². The highest BCUT2D eigenvalue weighted by Crippen LogP contribution is 2.47. The van der Waals surface area contributed by atoms with E-state index in [2.05, 4.69) is 56.7 Å². The number of carbonyl (C=O) groups is 1. The van der Waals surface area contributed by atoms with Gasteiger partial charge in [-0.25, -0.2) is 0 Å². The Morgan fingerprint density at radius 2 is 2.00 bits per heavy atom. The SMILES string of the molecule is CC[C@]1(O)C[C@H]2CN(CCc3c([nH]c4ccc(-c5cccc(OC)c5)cc34)[C@](I)(C(=O)OC)C2)C1. The third kappa shape index (κ3) is 4.47. The van der Waals surface area contributed by atoms with E-state index in [9.17, 15) is 9.90 Å². The molecule has 1 aromatic heterocycles. The second-order valence-electron chi connectivity index (χ2n) is 10.1. The average molecular weight is 588 g/mol. The third-order valence-electron chi connectivity index (χ3n) is 7.82. The van der Waals surface area contributed by atoms with Crippen molar-refractivity contribution in [2.75, 3.05) is 33.9 Å². The Labute approximate surface area is 220 Å². The number of fused-ring (bicyclic) bond motifs is 5. The van der Waals surface area contributed by atoms with Crippen LogP contribution in [-0.4, -0.2) is 60.4 Å². The Morgan fingerprint density at radius 1 is 1.20 bits per heavy atom. The molecule has 0 radical (unpaired) electrons. The predicted molar refractivity (Wildman–Crippen MR) is 146 cm³/mol. The first-order valence-corrected chi connectivity index (χ1v) is 13.4. The Balaban J connectivity index is 1.65. The number of ether oxygens (including phenoxy) is 2. The summed E-state index contributed by atoms with van der Waals surface area (Å²) in [5.41, 5.74) is 4.61. The fourth-order valence-electron chi connectivity index (χ4n) is 6.02. The number of aromatic nitrogens is 1. The van der Waals surface area contributed by atoms with Gasteiger partial charge in [-0.3, -0.25) is 9.69 Å². The van der Waals surface area contributed by atoms with Gasteiger partial charge in [0.25, 0.3) is 0 Å². The van der Waals surface area contributed by atoms with Gasteiger partial charge in [0.2, 0.25) is 0 Å². The molecule has 35 heavy (non-hydrogen) atoms. The van der Waals surface area contributed by atoms with Crippen LogP contribution < -0.4 is 4.74 Å². The van der Waals surface area contributed by atoms with Crippen LogP contribution in [-0.2, 0) is 19.4 Å². The highest BCUT2D eigenvalue weighted by molar-refractivity contribution is 14.1. The molecule has 7 heteroatoms. The van der Waals surface area contributed by atoms with Crippen molar-refractivity contribution in [3.8, 4) is 16.9 Å². The monoisotopic (exact) mass is 588 g/mol. The highest BCUT2D eigenvalue weighted by Gasteiger charge is 2.48. The largest absolute Gasteiger partial charge is 0.497 e. The zero-order valence-corrected chi connectivity index (χ0v) is 22.7. The highest BCUT2D eigenvalue weighted by atomic mass is 127. The number of methoxy groups -OCH3 is 2. The molecule has 1 fully saturated rings. The van der Waals surface area contributed by atoms with Gasteiger partial charge in [0, 0.05) is 36.2 Å². The van der Waals surface area contributed by atoms with Crippen LogP contribution in [0.4, 0.5) is 0 Å². The van der Waals surface area contributed by atoms with Crippen molar-refractivity contribution in [2.45, 2.75) is 41.6 Å². The van der Waals surface area contributed by atoms with Crippen molar-refractivity contribution in [3.63, 3.8) is 0 Å². The van der Waals surface area contributed by atoms with E-state index in [1.165, 1.54) is 7.11 Å². The number of hydrogen-bond acceptors (Lipinski definition) is 5. The topological polar surface area (TPSA) is 74.8 Å². The van der Waals surface area contributed by atoms with E-state index in [4.69, 9.17) is 9.47 Å². The van der Waals surface area contributed by atoms with Gasteiger partial charge in [0.05, 0.1) is 19.8 Å². The lowest BCUT2D eigenvalue weighted by molar-refractivity contribution is -0.144. The summed E-state index contributed by atoms with van der Waals surface area (Å²) >= 11 is 2.30. The molecule has 0 saturated carbocycles. The molecule has 2 bridgehead atoms. The molecule has 0 aliphatic carbocycles. The molecule has 4 atom stereocenters. The molecule has 0 amide bonds. The Morgan fingerprint density at radius 3 is 2.74 bits per heavy atom. The van der Waals surface area contributed by atoms with Crippen molar-refractivity contribution < 1.29 is 19.4 Å². The molecule has 0 spiro atoms. The maximum absolute atomic E-state index is 13.3. The number of nitrogens with one attached hydrogen (secondary N) is 1. The number of nitrogens with zero attached hydrogens (tertiary/aromatic N) is 1. The average Bonchev–Trinajstić information content (AvgIpc) is 3.25. The normalized spacial score (nSPS) is 28.5. The van der Waals surface area contributed by atoms with Gasteiger partial charge in [-0.2, -0.15) is 0 Å². The number of piperidine rings is 1. The number of hydrogen-bond donors (Lipinski definition) is 2. The minimum Gasteiger partial charge on any atom is -0.497 e. The lowest BCUT2D eigenvalue weighted by Gasteiger charge is -2.44. The summed E-state index contributed by atoms with van der Waals surface area (Å²) in [6.45, 7) is 4.46. The van der Waals surface area contributed by atoms with E-state index in [1.807, 2.05) is 25.1 Å². The Hall–Kier alpha value is -2.10. The molecule has 2 aromatic carbocycles. The molecule has 1 saturated heterocycles. The van der Waals surface area contributed by atoms with Crippen LogP contribution in [0.15, 0.2) is 42.5 Å². The van der Waals surface area contributed by atoms with Gasteiger partial charge in [-0.1, -0.05) is 47.7 Å². The molecule has 2 N–H and O–H groups in total. The number of carbonyl (C=O) groups excluding carboxylic acids is 1. The summed E-state index contributed by atoms with van der Waals surface area (Å²) in [6.07, 6.45) is 2.84. The second-order valence-corrected chi connectivity index (χ2v) is 11.9. The molecule has 6 nitrogen and oxygen atoms in total. The molecule has 1 unspecified atom stereocenters. The maximum atomic E-state index is 13.3. The summed E-state index contributed by atoms with van der Waals surface area (Å²) in [5.74, 6) is 0.788. The first-order chi connectivity index (χ1) is 16.8. The van der Waals surface area contributed by atoms with Crippen LogP contribution in [0.3, 0.4) is 0 Å². The first kappa shape index (κ1) is 24.6. The van der Waals surface area contributed by atoms with Crippen LogP contribution in [0.1, 0.15) is 37.4 Å². The van der Waals surface area contributed by atoms with Crippen LogP contribution in [0.25, 0.3) is 22.0 Å². The second kappa shape index (κ2) is 9.41. The number of benzene rings is 2. The zero-order valence-electron chi connectivity index (χ0n) is 20.6. The summed E-state index contributed by atoms with van der Waals surface area (Å²) in [6, 6.07) is 14.5. The number of aliphatic hydroxyl groups is 1. The number of H-pyrrole nitrogens is 1. The molecular formula is C28H33IN2O4. The summed E-state index contributed by atoms with van der Waals surface area (Å²) in [5, 5.41) is 12.4. The van der Waals surface area contributed by atoms with Crippen LogP contribution >= 0.6 is 22.6 Å². The molecule has 3 aromatic rings. The molecule has 186 valence electrons. The van der Waals surface area contributed by atoms with Crippen LogP contribution in [0.2, 0.25) is 0 Å². The van der Waals surface area contributed by atoms with Gasteiger partial charge in [-0.05, 0) is 72.6 Å². The summed E-state index contributed by atoms with van der Waals surface area (Å²) < 4.78 is 9.95. The fraction of sp³-hybridized carbons (Fsp3) is 0.464. The quantitative estimate of drug-likeness (QED) is 0.254. The van der Waals surface area contributed by atoms with E-state index >= 15 is 0 Å². The van der Waals surface area contributed by atoms with E-state index < -0.39 is 9.02 Å². The Bertz CT molecular complexity index is 1260. The lowest BCUT2D eigenvalue weighted by atomic mass is 9.79.